The number of thioether (sulfide) groups is 1. The fourth-order valence-corrected chi connectivity index (χ4v) is 3.58. The first-order valence-electron chi connectivity index (χ1n) is 8.27. The molecule has 1 aromatic carbocycles. The minimum Gasteiger partial charge on any atom is -0.335 e. The van der Waals surface area contributed by atoms with Crippen LogP contribution < -0.4 is 0 Å². The summed E-state index contributed by atoms with van der Waals surface area (Å²) >= 11 is 1.34. The van der Waals surface area contributed by atoms with E-state index in [4.69, 9.17) is 0 Å². The van der Waals surface area contributed by atoms with E-state index in [2.05, 4.69) is 11.1 Å². The summed E-state index contributed by atoms with van der Waals surface area (Å²) in [6.45, 7) is 8.41. The Balaban J connectivity index is 2.11. The number of carbonyl (C=O) groups excluding carboxylic acids is 1. The van der Waals surface area contributed by atoms with Gasteiger partial charge in [0.05, 0.1) is 11.3 Å². The number of aryl methyl sites for hydroxylation is 2. The van der Waals surface area contributed by atoms with E-state index < -0.39 is 0 Å². The molecule has 0 radical (unpaired) electrons. The summed E-state index contributed by atoms with van der Waals surface area (Å²) in [7, 11) is 0. The lowest BCUT2D eigenvalue weighted by atomic mass is 10.1. The predicted molar refractivity (Wildman–Crippen MR) is 101 cm³/mol. The minimum absolute atomic E-state index is 0.0497. The summed E-state index contributed by atoms with van der Waals surface area (Å²) < 4.78 is 0. The molecule has 0 aliphatic rings. The summed E-state index contributed by atoms with van der Waals surface area (Å²) in [6.07, 6.45) is 0. The molecule has 0 saturated heterocycles. The molecule has 2 aromatic rings. The molecule has 0 aliphatic carbocycles. The number of rotatable bonds is 6. The number of hydrogen-bond donors (Lipinski definition) is 0. The maximum atomic E-state index is 12.7. The van der Waals surface area contributed by atoms with Crippen LogP contribution in [0, 0.1) is 25.2 Å². The highest BCUT2D eigenvalue weighted by Crippen LogP contribution is 2.24. The van der Waals surface area contributed by atoms with Crippen molar-refractivity contribution in [2.24, 2.45) is 0 Å². The Labute approximate surface area is 153 Å². The first-order chi connectivity index (χ1) is 11.9. The number of carbonyl (C=O) groups is 1. The second-order valence-electron chi connectivity index (χ2n) is 6.26. The monoisotopic (exact) mass is 353 g/mol. The van der Waals surface area contributed by atoms with Crippen LogP contribution in [-0.4, -0.2) is 27.6 Å². The van der Waals surface area contributed by atoms with Crippen molar-refractivity contribution in [3.8, 4) is 6.07 Å². The van der Waals surface area contributed by atoms with Gasteiger partial charge in [0.2, 0.25) is 5.91 Å². The van der Waals surface area contributed by atoms with Crippen LogP contribution in [0.2, 0.25) is 0 Å². The van der Waals surface area contributed by atoms with Crippen molar-refractivity contribution in [2.45, 2.75) is 45.3 Å². The largest absolute Gasteiger partial charge is 0.335 e. The molecular weight excluding hydrogens is 330 g/mol. The van der Waals surface area contributed by atoms with Gasteiger partial charge in [-0.1, -0.05) is 42.1 Å². The van der Waals surface area contributed by atoms with Gasteiger partial charge in [-0.2, -0.15) is 5.26 Å². The van der Waals surface area contributed by atoms with Gasteiger partial charge in [0.25, 0.3) is 0 Å². The molecule has 1 heterocycles. The Morgan fingerprint density at radius 2 is 1.96 bits per heavy atom. The summed E-state index contributed by atoms with van der Waals surface area (Å²) in [5.41, 5.74) is 3.42. The normalized spacial score (nSPS) is 10.6. The third-order valence-corrected chi connectivity index (χ3v) is 4.86. The van der Waals surface area contributed by atoms with Crippen molar-refractivity contribution in [3.05, 3.63) is 58.8 Å². The molecule has 25 heavy (non-hydrogen) atoms. The summed E-state index contributed by atoms with van der Waals surface area (Å²) in [5, 5.41) is 9.98. The number of benzene rings is 1. The van der Waals surface area contributed by atoms with Crippen LogP contribution in [0.25, 0.3) is 0 Å². The van der Waals surface area contributed by atoms with Gasteiger partial charge in [-0.15, -0.1) is 0 Å². The maximum Gasteiger partial charge on any atom is 0.233 e. The highest BCUT2D eigenvalue weighted by atomic mass is 32.2. The lowest BCUT2D eigenvalue weighted by Crippen LogP contribution is -2.37. The van der Waals surface area contributed by atoms with E-state index >= 15 is 0 Å². The van der Waals surface area contributed by atoms with Gasteiger partial charge in [-0.25, -0.2) is 4.98 Å². The second kappa shape index (κ2) is 8.68. The predicted octanol–water partition coefficient (Wildman–Crippen LogP) is 4.10. The van der Waals surface area contributed by atoms with E-state index in [1.165, 1.54) is 11.8 Å². The Kier molecular flexibility index (Phi) is 6.60. The van der Waals surface area contributed by atoms with E-state index in [-0.39, 0.29) is 17.7 Å². The number of pyridine rings is 1. The van der Waals surface area contributed by atoms with Crippen LogP contribution in [0.5, 0.6) is 0 Å². The molecule has 0 atom stereocenters. The van der Waals surface area contributed by atoms with Crippen molar-refractivity contribution in [2.75, 3.05) is 5.75 Å². The van der Waals surface area contributed by atoms with Crippen molar-refractivity contribution < 1.29 is 4.79 Å². The average Bonchev–Trinajstić information content (AvgIpc) is 2.57. The average molecular weight is 353 g/mol. The first-order valence-corrected chi connectivity index (χ1v) is 9.25. The standard InChI is InChI=1S/C20H23N3OS/c1-14(2)23(12-17-8-6-5-7-9-17)19(24)13-25-20-18(11-21)15(3)10-16(4)22-20/h5-10,14H,12-13H2,1-4H3. The zero-order chi connectivity index (χ0) is 18.4. The van der Waals surface area contributed by atoms with Gasteiger partial charge in [0, 0.05) is 18.3 Å². The van der Waals surface area contributed by atoms with Gasteiger partial charge >= 0.3 is 0 Å². The minimum atomic E-state index is 0.0497. The quantitative estimate of drug-likeness (QED) is 0.734. The molecule has 0 bridgehead atoms. The molecule has 2 rings (SSSR count). The smallest absolute Gasteiger partial charge is 0.233 e. The Morgan fingerprint density at radius 1 is 1.28 bits per heavy atom. The van der Waals surface area contributed by atoms with Crippen LogP contribution in [-0.2, 0) is 11.3 Å². The molecule has 0 spiro atoms. The number of aromatic nitrogens is 1. The molecule has 0 aliphatic heterocycles. The Morgan fingerprint density at radius 3 is 2.56 bits per heavy atom. The maximum absolute atomic E-state index is 12.7. The van der Waals surface area contributed by atoms with Crippen LogP contribution in [0.3, 0.4) is 0 Å². The molecule has 5 heteroatoms. The molecule has 0 unspecified atom stereocenters. The van der Waals surface area contributed by atoms with Crippen molar-refractivity contribution in [1.29, 1.82) is 5.26 Å². The molecule has 0 N–H and O–H groups in total. The highest BCUT2D eigenvalue weighted by molar-refractivity contribution is 8.00. The number of nitrogens with zero attached hydrogens (tertiary/aromatic N) is 3. The third-order valence-electron chi connectivity index (χ3n) is 3.90. The zero-order valence-electron chi connectivity index (χ0n) is 15.1. The molecular formula is C20H23N3OS. The van der Waals surface area contributed by atoms with E-state index in [0.29, 0.717) is 17.1 Å². The molecule has 0 fully saturated rings. The second-order valence-corrected chi connectivity index (χ2v) is 7.23. The fraction of sp³-hybridized carbons (Fsp3) is 0.350. The van der Waals surface area contributed by atoms with E-state index in [0.717, 1.165) is 16.8 Å². The first kappa shape index (κ1) is 19.0. The van der Waals surface area contributed by atoms with Crippen molar-refractivity contribution in [3.63, 3.8) is 0 Å². The molecule has 130 valence electrons. The summed E-state index contributed by atoms with van der Waals surface area (Å²) in [6, 6.07) is 14.2. The number of nitriles is 1. The van der Waals surface area contributed by atoms with E-state index in [1.807, 2.05) is 69.0 Å². The van der Waals surface area contributed by atoms with Crippen LogP contribution >= 0.6 is 11.8 Å². The zero-order valence-corrected chi connectivity index (χ0v) is 15.9. The molecule has 1 aromatic heterocycles. The van der Waals surface area contributed by atoms with E-state index in [9.17, 15) is 10.1 Å². The highest BCUT2D eigenvalue weighted by Gasteiger charge is 2.19. The van der Waals surface area contributed by atoms with Crippen molar-refractivity contribution >= 4 is 17.7 Å². The van der Waals surface area contributed by atoms with Crippen LogP contribution in [0.4, 0.5) is 0 Å². The van der Waals surface area contributed by atoms with Gasteiger partial charge in [-0.3, -0.25) is 4.79 Å². The summed E-state index contributed by atoms with van der Waals surface area (Å²) in [4.78, 5) is 19.0. The molecule has 1 amide bonds. The number of hydrogen-bond acceptors (Lipinski definition) is 4. The summed E-state index contributed by atoms with van der Waals surface area (Å²) in [5.74, 6) is 0.323. The third kappa shape index (κ3) is 5.07. The fourth-order valence-electron chi connectivity index (χ4n) is 2.59. The van der Waals surface area contributed by atoms with Gasteiger partial charge in [0.15, 0.2) is 0 Å². The number of amides is 1. The topological polar surface area (TPSA) is 57.0 Å². The Hall–Kier alpha value is -2.32. The molecule has 0 saturated carbocycles. The van der Waals surface area contributed by atoms with Gasteiger partial charge in [0.1, 0.15) is 11.1 Å². The van der Waals surface area contributed by atoms with Gasteiger partial charge < -0.3 is 4.90 Å². The van der Waals surface area contributed by atoms with Crippen LogP contribution in [0.15, 0.2) is 41.4 Å². The lowest BCUT2D eigenvalue weighted by molar-refractivity contribution is -0.130. The Bertz CT molecular complexity index is 782. The van der Waals surface area contributed by atoms with E-state index in [1.54, 1.807) is 0 Å². The SMILES string of the molecule is Cc1cc(C)c(C#N)c(SCC(=O)N(Cc2ccccc2)C(C)C)n1. The van der Waals surface area contributed by atoms with Gasteiger partial charge in [-0.05, 0) is 44.9 Å². The lowest BCUT2D eigenvalue weighted by Gasteiger charge is -2.27. The van der Waals surface area contributed by atoms with Crippen molar-refractivity contribution in [1.82, 2.24) is 9.88 Å². The molecule has 4 nitrogen and oxygen atoms in total. The van der Waals surface area contributed by atoms with Crippen LogP contribution in [0.1, 0.15) is 36.2 Å².